The van der Waals surface area contributed by atoms with Gasteiger partial charge in [-0.15, -0.1) is 0 Å². The second kappa shape index (κ2) is 11.5. The van der Waals surface area contributed by atoms with Crippen molar-refractivity contribution in [1.29, 1.82) is 0 Å². The van der Waals surface area contributed by atoms with Crippen LogP contribution in [0.1, 0.15) is 31.4 Å². The van der Waals surface area contributed by atoms with Crippen molar-refractivity contribution >= 4 is 55.8 Å². The Bertz CT molecular complexity index is 1130. The molecule has 0 aromatic heterocycles. The number of hydrogen-bond donors (Lipinski definition) is 1. The predicted octanol–water partition coefficient (Wildman–Crippen LogP) is 5.07. The quantitative estimate of drug-likeness (QED) is 0.321. The summed E-state index contributed by atoms with van der Waals surface area (Å²) in [6.07, 6.45) is 2.28. The summed E-state index contributed by atoms with van der Waals surface area (Å²) in [5.74, 6) is 0.245. The highest BCUT2D eigenvalue weighted by molar-refractivity contribution is 9.11. The Morgan fingerprint density at radius 3 is 2.32 bits per heavy atom. The lowest BCUT2D eigenvalue weighted by Crippen LogP contribution is -2.53. The van der Waals surface area contributed by atoms with Gasteiger partial charge in [0.15, 0.2) is 11.5 Å². The molecule has 0 radical (unpaired) electrons. The van der Waals surface area contributed by atoms with Gasteiger partial charge in [0.1, 0.15) is 11.3 Å². The molecule has 0 bridgehead atoms. The van der Waals surface area contributed by atoms with Crippen molar-refractivity contribution in [2.45, 2.75) is 26.8 Å². The first kappa shape index (κ1) is 25.8. The molecule has 8 nitrogen and oxygen atoms in total. The molecule has 2 aromatic carbocycles. The van der Waals surface area contributed by atoms with Crippen molar-refractivity contribution in [2.75, 3.05) is 20.3 Å². The number of carbonyl (C=O) groups is 3. The number of benzene rings is 2. The van der Waals surface area contributed by atoms with Gasteiger partial charge in [0.25, 0.3) is 11.8 Å². The SMILES string of the molecule is CCCOc1ccc(CN2C(=O)NC(=O)/C(=C\c3cc(Br)c(OC)c(Br)c3)C2=O)cc1OCC. The molecule has 34 heavy (non-hydrogen) atoms. The number of urea groups is 1. The molecular formula is C24H24Br2N2O6. The van der Waals surface area contributed by atoms with Gasteiger partial charge in [-0.2, -0.15) is 0 Å². The first-order valence-electron chi connectivity index (χ1n) is 10.6. The van der Waals surface area contributed by atoms with Crippen molar-refractivity contribution in [1.82, 2.24) is 10.2 Å². The fraction of sp³-hybridized carbons (Fsp3) is 0.292. The maximum absolute atomic E-state index is 13.1. The summed E-state index contributed by atoms with van der Waals surface area (Å²) < 4.78 is 17.9. The third-order valence-electron chi connectivity index (χ3n) is 4.83. The van der Waals surface area contributed by atoms with Gasteiger partial charge >= 0.3 is 6.03 Å². The molecule has 0 unspecified atom stereocenters. The number of carbonyl (C=O) groups excluding carboxylic acids is 3. The third kappa shape index (κ3) is 5.79. The standard InChI is InChI=1S/C24H24Br2N2O6/c1-4-8-34-19-7-6-14(12-20(19)33-5-2)13-28-23(30)16(22(29)27-24(28)31)9-15-10-17(25)21(32-3)18(26)11-15/h6-7,9-12H,4-5,8,13H2,1-3H3,(H,27,29,31)/b16-9+. The topological polar surface area (TPSA) is 94.2 Å². The summed E-state index contributed by atoms with van der Waals surface area (Å²) in [6, 6.07) is 7.87. The molecule has 0 spiro atoms. The van der Waals surface area contributed by atoms with Crippen LogP contribution in [0, 0.1) is 0 Å². The number of amides is 4. The van der Waals surface area contributed by atoms with Gasteiger partial charge in [-0.25, -0.2) is 4.79 Å². The van der Waals surface area contributed by atoms with Gasteiger partial charge in [0, 0.05) is 0 Å². The molecule has 1 aliphatic rings. The van der Waals surface area contributed by atoms with E-state index < -0.39 is 17.8 Å². The molecule has 2 aromatic rings. The van der Waals surface area contributed by atoms with E-state index in [1.54, 1.807) is 30.3 Å². The number of nitrogens with zero attached hydrogens (tertiary/aromatic N) is 1. The van der Waals surface area contributed by atoms with E-state index >= 15 is 0 Å². The number of hydrogen-bond acceptors (Lipinski definition) is 6. The van der Waals surface area contributed by atoms with Crippen LogP contribution >= 0.6 is 31.9 Å². The van der Waals surface area contributed by atoms with Crippen molar-refractivity contribution in [2.24, 2.45) is 0 Å². The molecule has 1 heterocycles. The molecule has 1 aliphatic heterocycles. The molecular weight excluding hydrogens is 572 g/mol. The number of nitrogens with one attached hydrogen (secondary N) is 1. The minimum absolute atomic E-state index is 0.0422. The van der Waals surface area contributed by atoms with E-state index in [0.717, 1.165) is 11.3 Å². The Labute approximate surface area is 214 Å². The van der Waals surface area contributed by atoms with E-state index in [9.17, 15) is 14.4 Å². The van der Waals surface area contributed by atoms with Crippen LogP contribution in [0.5, 0.6) is 17.2 Å². The Balaban J connectivity index is 1.89. The minimum atomic E-state index is -0.784. The largest absolute Gasteiger partial charge is 0.494 e. The molecule has 1 saturated heterocycles. The van der Waals surface area contributed by atoms with E-state index in [2.05, 4.69) is 37.2 Å². The van der Waals surface area contributed by atoms with Crippen LogP contribution in [0.25, 0.3) is 6.08 Å². The van der Waals surface area contributed by atoms with Crippen LogP contribution in [-0.4, -0.2) is 43.1 Å². The first-order valence-corrected chi connectivity index (χ1v) is 12.2. The summed E-state index contributed by atoms with van der Waals surface area (Å²) in [5.41, 5.74) is 1.07. The maximum atomic E-state index is 13.1. The van der Waals surface area contributed by atoms with Crippen molar-refractivity contribution < 1.29 is 28.6 Å². The zero-order valence-electron chi connectivity index (χ0n) is 18.9. The number of methoxy groups -OCH3 is 1. The Morgan fingerprint density at radius 2 is 1.71 bits per heavy atom. The number of halogens is 2. The first-order chi connectivity index (χ1) is 16.3. The van der Waals surface area contributed by atoms with Crippen LogP contribution in [0.2, 0.25) is 0 Å². The number of rotatable bonds is 9. The number of barbiturate groups is 1. The van der Waals surface area contributed by atoms with E-state index in [4.69, 9.17) is 14.2 Å². The van der Waals surface area contributed by atoms with Crippen LogP contribution < -0.4 is 19.5 Å². The Hall–Kier alpha value is -2.85. The van der Waals surface area contributed by atoms with Gasteiger partial charge in [0.05, 0.1) is 35.8 Å². The number of ether oxygens (including phenoxy) is 3. The minimum Gasteiger partial charge on any atom is -0.494 e. The average molecular weight is 596 g/mol. The Kier molecular flexibility index (Phi) is 8.73. The second-order valence-electron chi connectivity index (χ2n) is 7.29. The highest BCUT2D eigenvalue weighted by Gasteiger charge is 2.36. The lowest BCUT2D eigenvalue weighted by molar-refractivity contribution is -0.130. The molecule has 0 aliphatic carbocycles. The van der Waals surface area contributed by atoms with Crippen LogP contribution in [0.4, 0.5) is 4.79 Å². The highest BCUT2D eigenvalue weighted by Crippen LogP contribution is 2.35. The van der Waals surface area contributed by atoms with Gasteiger partial charge in [-0.1, -0.05) is 13.0 Å². The summed E-state index contributed by atoms with van der Waals surface area (Å²) >= 11 is 6.81. The van der Waals surface area contributed by atoms with Crippen LogP contribution in [0.15, 0.2) is 44.9 Å². The van der Waals surface area contributed by atoms with E-state index in [1.807, 2.05) is 13.8 Å². The molecule has 3 rings (SSSR count). The summed E-state index contributed by atoms with van der Waals surface area (Å²) in [5, 5.41) is 2.24. The maximum Gasteiger partial charge on any atom is 0.331 e. The predicted molar refractivity (Wildman–Crippen MR) is 134 cm³/mol. The molecule has 0 atom stereocenters. The smallest absolute Gasteiger partial charge is 0.331 e. The van der Waals surface area contributed by atoms with Crippen molar-refractivity contribution in [3.8, 4) is 17.2 Å². The van der Waals surface area contributed by atoms with E-state index in [-0.39, 0.29) is 12.1 Å². The Morgan fingerprint density at radius 1 is 1.00 bits per heavy atom. The molecule has 4 amide bonds. The summed E-state index contributed by atoms with van der Waals surface area (Å²) in [6.45, 7) is 4.80. The summed E-state index contributed by atoms with van der Waals surface area (Å²) in [4.78, 5) is 39.1. The lowest BCUT2D eigenvalue weighted by Gasteiger charge is -2.26. The highest BCUT2D eigenvalue weighted by atomic mass is 79.9. The normalized spacial score (nSPS) is 14.9. The average Bonchev–Trinajstić information content (AvgIpc) is 2.79. The molecule has 0 saturated carbocycles. The zero-order chi connectivity index (χ0) is 24.8. The van der Waals surface area contributed by atoms with E-state index in [1.165, 1.54) is 13.2 Å². The fourth-order valence-electron chi connectivity index (χ4n) is 3.30. The van der Waals surface area contributed by atoms with Crippen molar-refractivity contribution in [3.63, 3.8) is 0 Å². The molecule has 1 N–H and O–H groups in total. The fourth-order valence-corrected chi connectivity index (χ4v) is 4.84. The van der Waals surface area contributed by atoms with E-state index in [0.29, 0.717) is 50.5 Å². The third-order valence-corrected chi connectivity index (χ3v) is 6.01. The van der Waals surface area contributed by atoms with Gasteiger partial charge in [-0.05, 0) is 86.7 Å². The summed E-state index contributed by atoms with van der Waals surface area (Å²) in [7, 11) is 1.53. The second-order valence-corrected chi connectivity index (χ2v) is 9.00. The van der Waals surface area contributed by atoms with Crippen LogP contribution in [0.3, 0.4) is 0 Å². The van der Waals surface area contributed by atoms with Gasteiger partial charge in [0.2, 0.25) is 0 Å². The monoisotopic (exact) mass is 594 g/mol. The number of imide groups is 2. The molecule has 180 valence electrons. The zero-order valence-corrected chi connectivity index (χ0v) is 22.1. The van der Waals surface area contributed by atoms with Crippen LogP contribution in [-0.2, 0) is 16.1 Å². The molecule has 1 fully saturated rings. The van der Waals surface area contributed by atoms with Gasteiger partial charge in [-0.3, -0.25) is 19.8 Å². The van der Waals surface area contributed by atoms with Gasteiger partial charge < -0.3 is 14.2 Å². The molecule has 10 heteroatoms. The van der Waals surface area contributed by atoms with Crippen molar-refractivity contribution in [3.05, 3.63) is 56.0 Å². The lowest BCUT2D eigenvalue weighted by atomic mass is 10.1.